The molecule has 0 saturated heterocycles. The Bertz CT molecular complexity index is 481. The van der Waals surface area contributed by atoms with Gasteiger partial charge >= 0.3 is 7.12 Å². The van der Waals surface area contributed by atoms with Crippen LogP contribution in [0.2, 0.25) is 0 Å². The van der Waals surface area contributed by atoms with Crippen LogP contribution in [0.5, 0.6) is 0 Å². The van der Waals surface area contributed by atoms with Crippen LogP contribution in [0.15, 0.2) is 24.3 Å². The van der Waals surface area contributed by atoms with Gasteiger partial charge in [0.05, 0.1) is 12.7 Å². The smallest absolute Gasteiger partial charge is 0.423 e. The van der Waals surface area contributed by atoms with E-state index in [-0.39, 0.29) is 2.85 Å². The van der Waals surface area contributed by atoms with Crippen molar-refractivity contribution in [2.75, 3.05) is 0 Å². The molecule has 21 heavy (non-hydrogen) atoms. The van der Waals surface area contributed by atoms with E-state index in [2.05, 4.69) is 0 Å². The third kappa shape index (κ3) is 2.65. The van der Waals surface area contributed by atoms with Crippen molar-refractivity contribution < 1.29 is 17.6 Å². The van der Waals surface area contributed by atoms with Crippen LogP contribution in [0.4, 0.5) is 0 Å². The van der Waals surface area contributed by atoms with E-state index in [9.17, 15) is 0 Å². The lowest BCUT2D eigenvalue weighted by molar-refractivity contribution is -0.131. The van der Waals surface area contributed by atoms with Gasteiger partial charge in [-0.25, -0.2) is 0 Å². The van der Waals surface area contributed by atoms with Crippen molar-refractivity contribution in [3.8, 4) is 0 Å². The zero-order valence-electron chi connectivity index (χ0n) is 12.3. The van der Waals surface area contributed by atoms with E-state index in [1.807, 2.05) is 12.1 Å². The molecule has 116 valence electrons. The van der Waals surface area contributed by atoms with Gasteiger partial charge in [0.1, 0.15) is 0 Å². The summed E-state index contributed by atoms with van der Waals surface area (Å²) < 4.78 is 6.28. The molecule has 4 aliphatic rings. The summed E-state index contributed by atoms with van der Waals surface area (Å²) in [7, 11) is -1.38. The first-order chi connectivity index (χ1) is 10.2. The molecule has 0 atom stereocenters. The molecule has 0 unspecified atom stereocenters. The first kappa shape index (κ1) is 13.8. The fourth-order valence-corrected chi connectivity index (χ4v) is 5.13. The van der Waals surface area contributed by atoms with Gasteiger partial charge < -0.3 is 14.8 Å². The summed E-state index contributed by atoms with van der Waals surface area (Å²) in [5, 5.41) is 18.2. The molecule has 0 heterocycles. The molecular weight excluding hydrogens is 263 g/mol. The van der Waals surface area contributed by atoms with Crippen LogP contribution in [-0.4, -0.2) is 23.3 Å². The topological polar surface area (TPSA) is 49.7 Å². The number of hydrogen-bond acceptors (Lipinski definition) is 3. The molecule has 0 aromatic heterocycles. The Kier molecular flexibility index (Phi) is 3.56. The Hall–Kier alpha value is -0.835. The van der Waals surface area contributed by atoms with E-state index in [1.165, 1.54) is 32.1 Å². The van der Waals surface area contributed by atoms with Gasteiger partial charge in [0, 0.05) is 2.85 Å². The average Bonchev–Trinajstić information content (AvgIpc) is 2.46. The monoisotopic (exact) mass is 290 g/mol. The van der Waals surface area contributed by atoms with Crippen molar-refractivity contribution >= 4 is 12.6 Å². The Balaban J connectivity index is 0.000000960. The van der Waals surface area contributed by atoms with E-state index in [0.29, 0.717) is 18.2 Å². The van der Waals surface area contributed by atoms with Gasteiger partial charge in [0.2, 0.25) is 0 Å². The van der Waals surface area contributed by atoms with Crippen molar-refractivity contribution in [3.05, 3.63) is 29.8 Å². The second-order valence-electron chi connectivity index (χ2n) is 7.32. The maximum atomic E-state index is 9.11. The van der Waals surface area contributed by atoms with E-state index in [1.54, 1.807) is 12.1 Å². The maximum Gasteiger partial charge on any atom is 0.488 e. The number of benzene rings is 1. The van der Waals surface area contributed by atoms with Crippen LogP contribution >= 0.6 is 0 Å². The molecular formula is C17H27BO3. The lowest BCUT2D eigenvalue weighted by Gasteiger charge is -2.54. The predicted octanol–water partition coefficient (Wildman–Crippen LogP) is 2.20. The fourth-order valence-electron chi connectivity index (χ4n) is 5.13. The zero-order chi connectivity index (χ0) is 14.4. The highest BCUT2D eigenvalue weighted by atomic mass is 16.5. The van der Waals surface area contributed by atoms with Crippen molar-refractivity contribution in [2.45, 2.75) is 44.8 Å². The van der Waals surface area contributed by atoms with Gasteiger partial charge in [-0.3, -0.25) is 0 Å². The third-order valence-corrected chi connectivity index (χ3v) is 5.86. The summed E-state index contributed by atoms with van der Waals surface area (Å²) in [5.41, 5.74) is 1.65. The quantitative estimate of drug-likeness (QED) is 0.836. The molecule has 5 rings (SSSR count). The summed E-state index contributed by atoms with van der Waals surface area (Å²) in [6.45, 7) is 0.648. The van der Waals surface area contributed by atoms with E-state index < -0.39 is 7.12 Å². The molecule has 4 fully saturated rings. The molecule has 4 saturated carbocycles. The second kappa shape index (κ2) is 5.42. The predicted molar refractivity (Wildman–Crippen MR) is 86.1 cm³/mol. The van der Waals surface area contributed by atoms with Crippen LogP contribution in [-0.2, 0) is 11.3 Å². The summed E-state index contributed by atoms with van der Waals surface area (Å²) in [5.74, 6) is 3.55. The van der Waals surface area contributed by atoms with Crippen molar-refractivity contribution in [2.24, 2.45) is 23.7 Å². The molecule has 0 aliphatic heterocycles. The molecule has 0 spiro atoms. The standard InChI is InChI=1S/C17H23BO3.2H2/c19-18(20)16-3-1-11(2-4-16)10-21-17-14-6-12-5-13(8-14)9-15(17)7-12;;/h1-4,12-15,17,19-20H,5-10H2;2*1H. The molecule has 3 nitrogen and oxygen atoms in total. The lowest BCUT2D eigenvalue weighted by atomic mass is 9.55. The van der Waals surface area contributed by atoms with Gasteiger partial charge in [0.25, 0.3) is 0 Å². The van der Waals surface area contributed by atoms with Gasteiger partial charge in [-0.1, -0.05) is 24.3 Å². The Morgan fingerprint density at radius 3 is 2.05 bits per heavy atom. The van der Waals surface area contributed by atoms with Crippen LogP contribution in [0.1, 0.15) is 40.5 Å². The minimum atomic E-state index is -1.38. The van der Waals surface area contributed by atoms with Crippen LogP contribution in [0, 0.1) is 23.7 Å². The highest BCUT2D eigenvalue weighted by Crippen LogP contribution is 2.54. The molecule has 4 aliphatic carbocycles. The first-order valence-corrected chi connectivity index (χ1v) is 8.25. The molecule has 1 aromatic rings. The van der Waals surface area contributed by atoms with E-state index in [0.717, 1.165) is 29.2 Å². The van der Waals surface area contributed by atoms with E-state index >= 15 is 0 Å². The van der Waals surface area contributed by atoms with Gasteiger partial charge in [-0.15, -0.1) is 0 Å². The van der Waals surface area contributed by atoms with Crippen molar-refractivity contribution in [3.63, 3.8) is 0 Å². The number of rotatable bonds is 4. The SMILES string of the molecule is OB(O)c1ccc(COC2C3CC4CC(C3)CC2C4)cc1.[HH].[HH]. The first-order valence-electron chi connectivity index (χ1n) is 8.25. The minimum Gasteiger partial charge on any atom is -0.423 e. The normalized spacial score (nSPS) is 37.0. The maximum absolute atomic E-state index is 9.11. The highest BCUT2D eigenvalue weighted by molar-refractivity contribution is 6.58. The highest BCUT2D eigenvalue weighted by Gasteiger charge is 2.48. The minimum absolute atomic E-state index is 0. The zero-order valence-corrected chi connectivity index (χ0v) is 12.3. The molecule has 4 heteroatoms. The molecule has 0 amide bonds. The van der Waals surface area contributed by atoms with Crippen molar-refractivity contribution in [1.29, 1.82) is 0 Å². The Morgan fingerprint density at radius 1 is 0.952 bits per heavy atom. The second-order valence-corrected chi connectivity index (χ2v) is 7.32. The molecule has 2 N–H and O–H groups in total. The summed E-state index contributed by atoms with van der Waals surface area (Å²) in [6.07, 6.45) is 7.47. The third-order valence-electron chi connectivity index (χ3n) is 5.86. The van der Waals surface area contributed by atoms with E-state index in [4.69, 9.17) is 14.8 Å². The molecule has 1 aromatic carbocycles. The van der Waals surface area contributed by atoms with Crippen LogP contribution in [0.3, 0.4) is 0 Å². The van der Waals surface area contributed by atoms with Crippen LogP contribution in [0.25, 0.3) is 0 Å². The van der Waals surface area contributed by atoms with Gasteiger partial charge in [-0.05, 0) is 66.8 Å². The van der Waals surface area contributed by atoms with Gasteiger partial charge in [-0.2, -0.15) is 0 Å². The lowest BCUT2D eigenvalue weighted by Crippen LogP contribution is -2.49. The Morgan fingerprint density at radius 2 is 1.52 bits per heavy atom. The number of ether oxygens (including phenoxy) is 1. The fraction of sp³-hybridized carbons (Fsp3) is 0.647. The van der Waals surface area contributed by atoms with Crippen LogP contribution < -0.4 is 5.46 Å². The summed E-state index contributed by atoms with van der Waals surface area (Å²) in [6, 6.07) is 7.40. The molecule has 4 bridgehead atoms. The Labute approximate surface area is 129 Å². The largest absolute Gasteiger partial charge is 0.488 e. The number of hydrogen-bond donors (Lipinski definition) is 2. The average molecular weight is 290 g/mol. The summed E-state index contributed by atoms with van der Waals surface area (Å²) in [4.78, 5) is 0. The molecule has 0 radical (unpaired) electrons. The van der Waals surface area contributed by atoms with Gasteiger partial charge in [0.15, 0.2) is 0 Å². The van der Waals surface area contributed by atoms with Crippen molar-refractivity contribution in [1.82, 2.24) is 0 Å². The summed E-state index contributed by atoms with van der Waals surface area (Å²) >= 11 is 0.